The third-order valence-corrected chi connectivity index (χ3v) is 3.07. The molecule has 1 aromatic rings. The Labute approximate surface area is 112 Å². The van der Waals surface area contributed by atoms with Crippen LogP contribution in [0.2, 0.25) is 0 Å². The van der Waals surface area contributed by atoms with E-state index in [1.807, 2.05) is 0 Å². The molecule has 0 aliphatic carbocycles. The SMILES string of the molecule is O=C(O)/C=C/c1ccc(CC(=O)CCl)c(Br)c1. The molecule has 90 valence electrons. The number of hydrogen-bond acceptors (Lipinski definition) is 2. The van der Waals surface area contributed by atoms with Gasteiger partial charge in [-0.05, 0) is 23.3 Å². The van der Waals surface area contributed by atoms with E-state index in [2.05, 4.69) is 15.9 Å². The van der Waals surface area contributed by atoms with E-state index in [4.69, 9.17) is 16.7 Å². The molecule has 0 fully saturated rings. The van der Waals surface area contributed by atoms with E-state index in [9.17, 15) is 9.59 Å². The van der Waals surface area contributed by atoms with E-state index >= 15 is 0 Å². The molecule has 0 saturated carbocycles. The van der Waals surface area contributed by atoms with E-state index in [-0.39, 0.29) is 18.1 Å². The van der Waals surface area contributed by atoms with Crippen molar-refractivity contribution < 1.29 is 14.7 Å². The molecular weight excluding hydrogens is 307 g/mol. The highest BCUT2D eigenvalue weighted by atomic mass is 79.9. The van der Waals surface area contributed by atoms with Gasteiger partial charge in [0.1, 0.15) is 0 Å². The topological polar surface area (TPSA) is 54.4 Å². The van der Waals surface area contributed by atoms with Crippen molar-refractivity contribution >= 4 is 45.4 Å². The molecule has 1 N–H and O–H groups in total. The zero-order valence-corrected chi connectivity index (χ0v) is 11.2. The lowest BCUT2D eigenvalue weighted by Crippen LogP contribution is -2.04. The van der Waals surface area contributed by atoms with Gasteiger partial charge < -0.3 is 5.11 Å². The quantitative estimate of drug-likeness (QED) is 0.671. The first-order valence-corrected chi connectivity index (χ1v) is 6.12. The lowest BCUT2D eigenvalue weighted by molar-refractivity contribution is -0.131. The number of rotatable bonds is 5. The van der Waals surface area contributed by atoms with Crippen molar-refractivity contribution in [3.05, 3.63) is 39.9 Å². The zero-order chi connectivity index (χ0) is 12.8. The number of Topliss-reactive ketones (excluding diaryl/α,β-unsaturated/α-hetero) is 1. The van der Waals surface area contributed by atoms with Crippen LogP contribution in [0.3, 0.4) is 0 Å². The molecule has 0 unspecified atom stereocenters. The van der Waals surface area contributed by atoms with Gasteiger partial charge in [0.15, 0.2) is 5.78 Å². The monoisotopic (exact) mass is 316 g/mol. The number of carbonyl (C=O) groups is 2. The maximum atomic E-state index is 11.2. The van der Waals surface area contributed by atoms with Gasteiger partial charge in [-0.25, -0.2) is 4.79 Å². The Balaban J connectivity index is 2.86. The van der Waals surface area contributed by atoms with Gasteiger partial charge in [-0.3, -0.25) is 4.79 Å². The molecule has 17 heavy (non-hydrogen) atoms. The molecule has 0 saturated heterocycles. The van der Waals surface area contributed by atoms with Crippen molar-refractivity contribution in [2.75, 3.05) is 5.88 Å². The van der Waals surface area contributed by atoms with Crippen LogP contribution in [0.4, 0.5) is 0 Å². The molecule has 1 aromatic carbocycles. The standard InChI is InChI=1S/C12H10BrClO3/c13-11-5-8(2-4-12(16)17)1-3-9(11)6-10(15)7-14/h1-5H,6-7H2,(H,16,17)/b4-2+. The van der Waals surface area contributed by atoms with Crippen LogP contribution < -0.4 is 0 Å². The summed E-state index contributed by atoms with van der Waals surface area (Å²) in [5, 5.41) is 8.49. The van der Waals surface area contributed by atoms with Crippen LogP contribution in [0.25, 0.3) is 6.08 Å². The molecule has 0 spiro atoms. The minimum Gasteiger partial charge on any atom is -0.478 e. The van der Waals surface area contributed by atoms with Gasteiger partial charge in [-0.15, -0.1) is 11.6 Å². The molecule has 0 atom stereocenters. The molecule has 0 bridgehead atoms. The first-order valence-electron chi connectivity index (χ1n) is 4.80. The van der Waals surface area contributed by atoms with Crippen LogP contribution in [0.5, 0.6) is 0 Å². The molecule has 1 rings (SSSR count). The number of carboxylic acid groups (broad SMARTS) is 1. The second kappa shape index (κ2) is 6.57. The van der Waals surface area contributed by atoms with E-state index < -0.39 is 5.97 Å². The third-order valence-electron chi connectivity index (χ3n) is 2.03. The van der Waals surface area contributed by atoms with Crippen LogP contribution in [0.15, 0.2) is 28.7 Å². The summed E-state index contributed by atoms with van der Waals surface area (Å²) in [5.41, 5.74) is 1.59. The third kappa shape index (κ3) is 4.71. The summed E-state index contributed by atoms with van der Waals surface area (Å²) in [4.78, 5) is 21.5. The molecule has 0 aliphatic rings. The Morgan fingerprint density at radius 1 is 1.41 bits per heavy atom. The predicted molar refractivity (Wildman–Crippen MR) is 70.2 cm³/mol. The molecular formula is C12H10BrClO3. The summed E-state index contributed by atoms with van der Waals surface area (Å²) >= 11 is 8.76. The Bertz CT molecular complexity index is 469. The van der Waals surface area contributed by atoms with Crippen molar-refractivity contribution in [2.45, 2.75) is 6.42 Å². The highest BCUT2D eigenvalue weighted by Gasteiger charge is 2.06. The summed E-state index contributed by atoms with van der Waals surface area (Å²) in [6, 6.07) is 5.29. The van der Waals surface area contributed by atoms with Crippen molar-refractivity contribution in [3.63, 3.8) is 0 Å². The Kier molecular flexibility index (Phi) is 5.38. The van der Waals surface area contributed by atoms with Crippen molar-refractivity contribution in [3.8, 4) is 0 Å². The fourth-order valence-electron chi connectivity index (χ4n) is 1.24. The van der Waals surface area contributed by atoms with E-state index in [0.717, 1.165) is 21.7 Å². The number of carbonyl (C=O) groups excluding carboxylic acids is 1. The minimum absolute atomic E-state index is 0.00684. The van der Waals surface area contributed by atoms with Crippen LogP contribution in [0.1, 0.15) is 11.1 Å². The smallest absolute Gasteiger partial charge is 0.328 e. The van der Waals surface area contributed by atoms with Crippen LogP contribution in [0, 0.1) is 0 Å². The van der Waals surface area contributed by atoms with Gasteiger partial charge >= 0.3 is 5.97 Å². The van der Waals surface area contributed by atoms with Crippen LogP contribution in [-0.2, 0) is 16.0 Å². The summed E-state index contributed by atoms with van der Waals surface area (Å²) in [7, 11) is 0. The molecule has 3 nitrogen and oxygen atoms in total. The lowest BCUT2D eigenvalue weighted by atomic mass is 10.1. The Morgan fingerprint density at radius 2 is 2.12 bits per heavy atom. The second-order valence-electron chi connectivity index (χ2n) is 3.37. The van der Waals surface area contributed by atoms with E-state index in [1.165, 1.54) is 6.08 Å². The summed E-state index contributed by atoms with van der Waals surface area (Å²) in [6.45, 7) is 0. The average Bonchev–Trinajstić information content (AvgIpc) is 2.29. The van der Waals surface area contributed by atoms with Crippen LogP contribution >= 0.6 is 27.5 Å². The molecule has 0 radical (unpaired) electrons. The van der Waals surface area contributed by atoms with Crippen molar-refractivity contribution in [1.29, 1.82) is 0 Å². The average molecular weight is 318 g/mol. The Hall–Kier alpha value is -1.13. The highest BCUT2D eigenvalue weighted by Crippen LogP contribution is 2.20. The van der Waals surface area contributed by atoms with E-state index in [1.54, 1.807) is 18.2 Å². The molecule has 0 aliphatic heterocycles. The number of carboxylic acids is 1. The second-order valence-corrected chi connectivity index (χ2v) is 4.49. The number of alkyl halides is 1. The normalized spacial score (nSPS) is 10.7. The summed E-state index contributed by atoms with van der Waals surface area (Å²) in [6.07, 6.45) is 2.82. The first kappa shape index (κ1) is 13.9. The minimum atomic E-state index is -0.998. The highest BCUT2D eigenvalue weighted by molar-refractivity contribution is 9.10. The maximum absolute atomic E-state index is 11.2. The number of ketones is 1. The first-order chi connectivity index (χ1) is 8.02. The molecule has 0 aromatic heterocycles. The number of aliphatic carboxylic acids is 1. The fraction of sp³-hybridized carbons (Fsp3) is 0.167. The molecule has 5 heteroatoms. The molecule has 0 heterocycles. The fourth-order valence-corrected chi connectivity index (χ4v) is 1.87. The van der Waals surface area contributed by atoms with Gasteiger partial charge in [0.05, 0.1) is 5.88 Å². The zero-order valence-electron chi connectivity index (χ0n) is 8.82. The van der Waals surface area contributed by atoms with Crippen molar-refractivity contribution in [2.24, 2.45) is 0 Å². The van der Waals surface area contributed by atoms with E-state index in [0.29, 0.717) is 0 Å². The number of hydrogen-bond donors (Lipinski definition) is 1. The largest absolute Gasteiger partial charge is 0.478 e. The van der Waals surface area contributed by atoms with Gasteiger partial charge in [-0.2, -0.15) is 0 Å². The maximum Gasteiger partial charge on any atom is 0.328 e. The number of benzene rings is 1. The summed E-state index contributed by atoms with van der Waals surface area (Å²) in [5.74, 6) is -1.06. The molecule has 0 amide bonds. The lowest BCUT2D eigenvalue weighted by Gasteiger charge is -2.03. The van der Waals surface area contributed by atoms with Crippen LogP contribution in [-0.4, -0.2) is 22.7 Å². The van der Waals surface area contributed by atoms with Gasteiger partial charge in [0.2, 0.25) is 0 Å². The van der Waals surface area contributed by atoms with Crippen molar-refractivity contribution in [1.82, 2.24) is 0 Å². The van der Waals surface area contributed by atoms with Gasteiger partial charge in [0, 0.05) is 17.0 Å². The Morgan fingerprint density at radius 3 is 2.65 bits per heavy atom. The summed E-state index contributed by atoms with van der Waals surface area (Å²) < 4.78 is 0.767. The predicted octanol–water partition coefficient (Wildman–Crippen LogP) is 2.90. The van der Waals surface area contributed by atoms with Gasteiger partial charge in [-0.1, -0.05) is 28.1 Å². The van der Waals surface area contributed by atoms with Gasteiger partial charge in [0.25, 0.3) is 0 Å². The number of halogens is 2.